The summed E-state index contributed by atoms with van der Waals surface area (Å²) in [6.07, 6.45) is 1.03. The summed E-state index contributed by atoms with van der Waals surface area (Å²) >= 11 is 0. The van der Waals surface area contributed by atoms with Gasteiger partial charge in [-0.2, -0.15) is 0 Å². The van der Waals surface area contributed by atoms with Crippen LogP contribution in [-0.2, 0) is 19.1 Å². The third kappa shape index (κ3) is 5.12. The summed E-state index contributed by atoms with van der Waals surface area (Å²) in [6, 6.07) is 2.64. The average molecular weight is 338 g/mol. The van der Waals surface area contributed by atoms with Crippen molar-refractivity contribution in [3.8, 4) is 0 Å². The first-order valence-electron chi connectivity index (χ1n) is 6.84. The van der Waals surface area contributed by atoms with Gasteiger partial charge >= 0.3 is 11.9 Å². The van der Waals surface area contributed by atoms with Crippen LogP contribution in [0.25, 0.3) is 0 Å². The second kappa shape index (κ2) is 8.71. The van der Waals surface area contributed by atoms with Gasteiger partial charge in [-0.15, -0.1) is 0 Å². The maximum Gasteiger partial charge on any atom is 0.333 e. The van der Waals surface area contributed by atoms with Crippen molar-refractivity contribution >= 4 is 17.7 Å². The normalized spacial score (nSPS) is 10.9. The molecule has 0 aliphatic heterocycles. The molecule has 24 heavy (non-hydrogen) atoms. The number of allylic oxidation sites excluding steroid dienone is 1. The van der Waals surface area contributed by atoms with E-state index in [1.165, 1.54) is 7.11 Å². The molecule has 0 aliphatic carbocycles. The molecule has 1 rings (SSSR count). The summed E-state index contributed by atoms with van der Waals surface area (Å²) in [7, 11) is 2.32. The number of ketones is 1. The highest BCUT2D eigenvalue weighted by molar-refractivity contribution is 6.08. The van der Waals surface area contributed by atoms with Crippen molar-refractivity contribution in [2.75, 3.05) is 14.2 Å². The van der Waals surface area contributed by atoms with Crippen molar-refractivity contribution in [2.45, 2.75) is 12.8 Å². The van der Waals surface area contributed by atoms with Gasteiger partial charge in [-0.25, -0.2) is 18.4 Å². The molecule has 128 valence electrons. The third-order valence-electron chi connectivity index (χ3n) is 3.13. The predicted molar refractivity (Wildman–Crippen MR) is 81.2 cm³/mol. The Morgan fingerprint density at radius 1 is 1.04 bits per heavy atom. The molecule has 0 fully saturated rings. The molecule has 0 N–H and O–H groups in total. The van der Waals surface area contributed by atoms with Crippen LogP contribution in [0.2, 0.25) is 0 Å². The number of hydrogen-bond acceptors (Lipinski definition) is 5. The zero-order chi connectivity index (χ0) is 18.3. The van der Waals surface area contributed by atoms with Crippen LogP contribution < -0.4 is 0 Å². The fourth-order valence-electron chi connectivity index (χ4n) is 1.79. The standard InChI is InChI=1S/C17H16F2O5/c1-10(16(21)23-2)4-5-12(17(22)24-3)9-15(20)11-6-7-13(18)14(19)8-11/h6-9H,1,4-5H2,2-3H3/b12-9+. The van der Waals surface area contributed by atoms with Crippen LogP contribution in [-0.4, -0.2) is 31.9 Å². The minimum absolute atomic E-state index is 0.00394. The first-order chi connectivity index (χ1) is 11.3. The molecule has 0 unspecified atom stereocenters. The Hall–Kier alpha value is -2.83. The minimum atomic E-state index is -1.17. The fourth-order valence-corrected chi connectivity index (χ4v) is 1.79. The van der Waals surface area contributed by atoms with E-state index in [2.05, 4.69) is 16.1 Å². The minimum Gasteiger partial charge on any atom is -0.466 e. The number of ether oxygens (including phenoxy) is 2. The highest BCUT2D eigenvalue weighted by atomic mass is 19.2. The zero-order valence-corrected chi connectivity index (χ0v) is 13.2. The second-order valence-electron chi connectivity index (χ2n) is 4.75. The van der Waals surface area contributed by atoms with Crippen molar-refractivity contribution in [1.29, 1.82) is 0 Å². The van der Waals surface area contributed by atoms with Gasteiger partial charge in [-0.1, -0.05) is 6.58 Å². The molecule has 0 bridgehead atoms. The van der Waals surface area contributed by atoms with E-state index in [-0.39, 0.29) is 29.6 Å². The number of carbonyl (C=O) groups excluding carboxylic acids is 3. The monoisotopic (exact) mass is 338 g/mol. The van der Waals surface area contributed by atoms with Gasteiger partial charge in [0.25, 0.3) is 0 Å². The Morgan fingerprint density at radius 3 is 2.21 bits per heavy atom. The quantitative estimate of drug-likeness (QED) is 0.434. The zero-order valence-electron chi connectivity index (χ0n) is 13.2. The van der Waals surface area contributed by atoms with Crippen molar-refractivity contribution in [1.82, 2.24) is 0 Å². The van der Waals surface area contributed by atoms with E-state index in [4.69, 9.17) is 0 Å². The first-order valence-corrected chi connectivity index (χ1v) is 6.84. The lowest BCUT2D eigenvalue weighted by Gasteiger charge is -2.07. The number of methoxy groups -OCH3 is 2. The molecule has 0 radical (unpaired) electrons. The van der Waals surface area contributed by atoms with Gasteiger partial charge in [0.2, 0.25) is 0 Å². The summed E-state index contributed by atoms with van der Waals surface area (Å²) in [6.45, 7) is 3.51. The molecule has 0 amide bonds. The van der Waals surface area contributed by atoms with Gasteiger partial charge < -0.3 is 9.47 Å². The van der Waals surface area contributed by atoms with Gasteiger partial charge in [0.1, 0.15) is 0 Å². The summed E-state index contributed by atoms with van der Waals surface area (Å²) in [4.78, 5) is 35.1. The Balaban J connectivity index is 2.98. The van der Waals surface area contributed by atoms with Crippen LogP contribution in [0.15, 0.2) is 42.0 Å². The number of esters is 2. The van der Waals surface area contributed by atoms with Crippen LogP contribution in [0.1, 0.15) is 23.2 Å². The predicted octanol–water partition coefficient (Wildman–Crippen LogP) is 2.76. The molecular weight excluding hydrogens is 322 g/mol. The van der Waals surface area contributed by atoms with Crippen molar-refractivity contribution in [3.63, 3.8) is 0 Å². The summed E-state index contributed by atoms with van der Waals surface area (Å²) in [5.41, 5.74) is -0.0352. The lowest BCUT2D eigenvalue weighted by atomic mass is 10.0. The Morgan fingerprint density at radius 2 is 1.67 bits per heavy atom. The second-order valence-corrected chi connectivity index (χ2v) is 4.75. The third-order valence-corrected chi connectivity index (χ3v) is 3.13. The van der Waals surface area contributed by atoms with Crippen LogP contribution in [0.4, 0.5) is 8.78 Å². The van der Waals surface area contributed by atoms with Crippen molar-refractivity contribution < 1.29 is 32.6 Å². The van der Waals surface area contributed by atoms with Crippen molar-refractivity contribution in [2.24, 2.45) is 0 Å². The lowest BCUT2D eigenvalue weighted by Crippen LogP contribution is -2.10. The van der Waals surface area contributed by atoms with Gasteiger partial charge in [-0.05, 0) is 37.1 Å². The van der Waals surface area contributed by atoms with Crippen molar-refractivity contribution in [3.05, 3.63) is 59.2 Å². The van der Waals surface area contributed by atoms with Crippen LogP contribution in [0.3, 0.4) is 0 Å². The molecular formula is C17H16F2O5. The Bertz CT molecular complexity index is 707. The average Bonchev–Trinajstić information content (AvgIpc) is 2.58. The molecule has 0 saturated carbocycles. The van der Waals surface area contributed by atoms with E-state index in [1.54, 1.807) is 0 Å². The van der Waals surface area contributed by atoms with Crippen LogP contribution in [0.5, 0.6) is 0 Å². The summed E-state index contributed by atoms with van der Waals surface area (Å²) < 4.78 is 35.1. The number of benzene rings is 1. The number of hydrogen-bond donors (Lipinski definition) is 0. The summed E-state index contributed by atoms with van der Waals surface area (Å²) in [5.74, 6) is -4.36. The SMILES string of the molecule is C=C(CC/C(=C\C(=O)c1ccc(F)c(F)c1)C(=O)OC)C(=O)OC. The molecule has 5 nitrogen and oxygen atoms in total. The maximum atomic E-state index is 13.2. The highest BCUT2D eigenvalue weighted by Crippen LogP contribution is 2.16. The Kier molecular flexibility index (Phi) is 6.98. The molecule has 0 heterocycles. The molecule has 1 aromatic carbocycles. The van der Waals surface area contributed by atoms with Gasteiger partial charge in [0.05, 0.1) is 14.2 Å². The molecule has 0 aliphatic rings. The van der Waals surface area contributed by atoms with Gasteiger partial charge in [-0.3, -0.25) is 4.79 Å². The van der Waals surface area contributed by atoms with E-state index < -0.39 is 29.4 Å². The fraction of sp³-hybridized carbons (Fsp3) is 0.235. The van der Waals surface area contributed by atoms with E-state index >= 15 is 0 Å². The first kappa shape index (κ1) is 19.2. The summed E-state index contributed by atoms with van der Waals surface area (Å²) in [5, 5.41) is 0. The Labute approximate surface area is 137 Å². The molecule has 7 heteroatoms. The van der Waals surface area contributed by atoms with E-state index in [9.17, 15) is 23.2 Å². The molecule has 0 atom stereocenters. The largest absolute Gasteiger partial charge is 0.466 e. The van der Waals surface area contributed by atoms with Gasteiger partial charge in [0, 0.05) is 16.7 Å². The topological polar surface area (TPSA) is 69.7 Å². The number of halogens is 2. The molecule has 0 saturated heterocycles. The maximum absolute atomic E-state index is 13.2. The van der Waals surface area contributed by atoms with Crippen LogP contribution in [0, 0.1) is 11.6 Å². The van der Waals surface area contributed by atoms with E-state index in [0.717, 1.165) is 31.4 Å². The van der Waals surface area contributed by atoms with Gasteiger partial charge in [0.15, 0.2) is 17.4 Å². The number of rotatable bonds is 7. The molecule has 0 aromatic heterocycles. The van der Waals surface area contributed by atoms with Crippen LogP contribution >= 0.6 is 0 Å². The number of carbonyl (C=O) groups is 3. The van der Waals surface area contributed by atoms with E-state index in [0.29, 0.717) is 0 Å². The lowest BCUT2D eigenvalue weighted by molar-refractivity contribution is -0.137. The smallest absolute Gasteiger partial charge is 0.333 e. The highest BCUT2D eigenvalue weighted by Gasteiger charge is 2.16. The van der Waals surface area contributed by atoms with E-state index in [1.807, 2.05) is 0 Å². The molecule has 0 spiro atoms. The molecule has 1 aromatic rings.